The second kappa shape index (κ2) is 7.89. The summed E-state index contributed by atoms with van der Waals surface area (Å²) in [4.78, 5) is 23.6. The highest BCUT2D eigenvalue weighted by Crippen LogP contribution is 2.30. The summed E-state index contributed by atoms with van der Waals surface area (Å²) < 4.78 is 29.1. The molecule has 1 atom stereocenters. The van der Waals surface area contributed by atoms with Gasteiger partial charge in [0.1, 0.15) is 11.6 Å². The van der Waals surface area contributed by atoms with Crippen LogP contribution in [-0.4, -0.2) is 32.8 Å². The predicted molar refractivity (Wildman–Crippen MR) is 78.5 cm³/mol. The lowest BCUT2D eigenvalue weighted by molar-refractivity contribution is -0.141. The number of methoxy groups -OCH3 is 2. The van der Waals surface area contributed by atoms with Gasteiger partial charge in [-0.3, -0.25) is 9.59 Å². The molecule has 0 bridgehead atoms. The van der Waals surface area contributed by atoms with Crippen molar-refractivity contribution < 1.29 is 28.2 Å². The number of benzene rings is 1. The van der Waals surface area contributed by atoms with E-state index in [1.165, 1.54) is 27.2 Å². The summed E-state index contributed by atoms with van der Waals surface area (Å²) in [6.45, 7) is 4.82. The Hall–Kier alpha value is -1.95. The van der Waals surface area contributed by atoms with Crippen LogP contribution in [0, 0.1) is 25.6 Å². The highest BCUT2D eigenvalue weighted by molar-refractivity contribution is 6.00. The van der Waals surface area contributed by atoms with E-state index in [9.17, 15) is 14.0 Å². The van der Waals surface area contributed by atoms with Crippen molar-refractivity contribution in [1.29, 1.82) is 0 Å². The number of ketones is 1. The van der Waals surface area contributed by atoms with Crippen molar-refractivity contribution >= 4 is 11.8 Å². The molecule has 0 radical (unpaired) electrons. The molecule has 0 aliphatic rings. The summed E-state index contributed by atoms with van der Waals surface area (Å²) in [7, 11) is 2.71. The lowest BCUT2D eigenvalue weighted by Gasteiger charge is -2.16. The normalized spacial score (nSPS) is 11.9. The van der Waals surface area contributed by atoms with Crippen molar-refractivity contribution in [3.05, 3.63) is 28.6 Å². The van der Waals surface area contributed by atoms with Gasteiger partial charge in [0.15, 0.2) is 12.6 Å². The van der Waals surface area contributed by atoms with Crippen LogP contribution < -0.4 is 4.74 Å². The Morgan fingerprint density at radius 1 is 1.27 bits per heavy atom. The van der Waals surface area contributed by atoms with E-state index < -0.39 is 23.5 Å². The van der Waals surface area contributed by atoms with E-state index in [4.69, 9.17) is 9.47 Å². The van der Waals surface area contributed by atoms with E-state index in [0.29, 0.717) is 11.3 Å². The monoisotopic (exact) mass is 312 g/mol. The largest absolute Gasteiger partial charge is 0.469 e. The van der Waals surface area contributed by atoms with Crippen LogP contribution >= 0.6 is 0 Å². The van der Waals surface area contributed by atoms with Crippen LogP contribution in [0.15, 0.2) is 6.07 Å². The Balaban J connectivity index is 3.10. The van der Waals surface area contributed by atoms with Crippen molar-refractivity contribution in [2.24, 2.45) is 5.92 Å². The lowest BCUT2D eigenvalue weighted by atomic mass is 9.93. The number of Topliss-reactive ketones (excluding diaryl/α,β-unsaturated/α-hetero) is 1. The Kier molecular flexibility index (Phi) is 6.49. The summed E-state index contributed by atoms with van der Waals surface area (Å²) in [6, 6.07) is 1.43. The third-order valence-corrected chi connectivity index (χ3v) is 3.36. The van der Waals surface area contributed by atoms with Gasteiger partial charge in [-0.1, -0.05) is 6.92 Å². The van der Waals surface area contributed by atoms with Crippen molar-refractivity contribution in [2.75, 3.05) is 21.0 Å². The standard InChI is InChI=1S/C16H21FO5/c1-9(7-13(18)21-5)15(19)12-6-10(2)16(22-8-20-4)11(3)14(12)17/h6,9H,7-8H2,1-5H3. The molecule has 0 aromatic heterocycles. The Morgan fingerprint density at radius 3 is 2.45 bits per heavy atom. The van der Waals surface area contributed by atoms with E-state index in [1.54, 1.807) is 13.8 Å². The zero-order valence-corrected chi connectivity index (χ0v) is 13.5. The zero-order chi connectivity index (χ0) is 16.9. The molecule has 1 aromatic carbocycles. The number of esters is 1. The molecule has 0 aliphatic heterocycles. The summed E-state index contributed by atoms with van der Waals surface area (Å²) in [6.07, 6.45) is -0.0885. The predicted octanol–water partition coefficient (Wildman–Crippen LogP) is 2.81. The molecule has 122 valence electrons. The number of rotatable bonds is 7. The number of carbonyl (C=O) groups is 2. The fourth-order valence-electron chi connectivity index (χ4n) is 2.15. The molecule has 0 N–H and O–H groups in total. The van der Waals surface area contributed by atoms with Gasteiger partial charge in [-0.05, 0) is 25.5 Å². The number of halogens is 1. The third-order valence-electron chi connectivity index (χ3n) is 3.36. The smallest absolute Gasteiger partial charge is 0.306 e. The molecule has 0 saturated heterocycles. The van der Waals surface area contributed by atoms with Crippen molar-refractivity contribution in [1.82, 2.24) is 0 Å². The fraction of sp³-hybridized carbons (Fsp3) is 0.500. The molecule has 0 spiro atoms. The molecule has 1 rings (SSSR count). The van der Waals surface area contributed by atoms with Crippen LogP contribution in [0.3, 0.4) is 0 Å². The maximum absolute atomic E-state index is 14.4. The first-order chi connectivity index (χ1) is 10.3. The average Bonchev–Trinajstić information content (AvgIpc) is 2.49. The third kappa shape index (κ3) is 4.04. The molecule has 0 fully saturated rings. The van der Waals surface area contributed by atoms with E-state index in [-0.39, 0.29) is 24.3 Å². The van der Waals surface area contributed by atoms with Gasteiger partial charge in [0.25, 0.3) is 0 Å². The zero-order valence-electron chi connectivity index (χ0n) is 13.5. The van der Waals surface area contributed by atoms with Gasteiger partial charge in [0.2, 0.25) is 0 Å². The maximum atomic E-state index is 14.4. The Bertz CT molecular complexity index is 568. The highest BCUT2D eigenvalue weighted by Gasteiger charge is 2.25. The van der Waals surface area contributed by atoms with Gasteiger partial charge in [-0.2, -0.15) is 0 Å². The summed E-state index contributed by atoms with van der Waals surface area (Å²) in [5, 5.41) is 0. The minimum Gasteiger partial charge on any atom is -0.469 e. The van der Waals surface area contributed by atoms with Crippen LogP contribution in [0.5, 0.6) is 5.75 Å². The van der Waals surface area contributed by atoms with E-state index in [1.807, 2.05) is 0 Å². The van der Waals surface area contributed by atoms with Crippen LogP contribution in [0.2, 0.25) is 0 Å². The number of carbonyl (C=O) groups excluding carboxylic acids is 2. The second-order valence-electron chi connectivity index (χ2n) is 5.11. The molecule has 0 saturated carbocycles. The molecule has 0 heterocycles. The first-order valence-electron chi connectivity index (χ1n) is 6.85. The molecular weight excluding hydrogens is 291 g/mol. The molecule has 0 aliphatic carbocycles. The van der Waals surface area contributed by atoms with Crippen LogP contribution in [-0.2, 0) is 14.3 Å². The SMILES string of the molecule is COCOc1c(C)cc(C(=O)C(C)CC(=O)OC)c(F)c1C. The van der Waals surface area contributed by atoms with Crippen LogP contribution in [0.1, 0.15) is 34.8 Å². The highest BCUT2D eigenvalue weighted by atomic mass is 19.1. The van der Waals surface area contributed by atoms with E-state index in [0.717, 1.165) is 0 Å². The Morgan fingerprint density at radius 2 is 1.91 bits per heavy atom. The summed E-state index contributed by atoms with van der Waals surface area (Å²) in [5.41, 5.74) is 0.825. The summed E-state index contributed by atoms with van der Waals surface area (Å²) in [5.74, 6) is -1.89. The topological polar surface area (TPSA) is 61.8 Å². The van der Waals surface area contributed by atoms with Gasteiger partial charge >= 0.3 is 5.97 Å². The molecule has 6 heteroatoms. The lowest BCUT2D eigenvalue weighted by Crippen LogP contribution is -2.18. The van der Waals surface area contributed by atoms with E-state index >= 15 is 0 Å². The van der Waals surface area contributed by atoms with Crippen LogP contribution in [0.25, 0.3) is 0 Å². The first-order valence-corrected chi connectivity index (χ1v) is 6.85. The molecular formula is C16H21FO5. The van der Waals surface area contributed by atoms with Crippen molar-refractivity contribution in [2.45, 2.75) is 27.2 Å². The molecule has 22 heavy (non-hydrogen) atoms. The average molecular weight is 312 g/mol. The number of ether oxygens (including phenoxy) is 3. The first kappa shape index (κ1) is 18.1. The van der Waals surface area contributed by atoms with Crippen LogP contribution in [0.4, 0.5) is 4.39 Å². The maximum Gasteiger partial charge on any atom is 0.306 e. The van der Waals surface area contributed by atoms with Crippen molar-refractivity contribution in [3.63, 3.8) is 0 Å². The molecule has 1 aromatic rings. The molecule has 1 unspecified atom stereocenters. The van der Waals surface area contributed by atoms with Crippen molar-refractivity contribution in [3.8, 4) is 5.75 Å². The van der Waals surface area contributed by atoms with Gasteiger partial charge in [-0.25, -0.2) is 4.39 Å². The fourth-order valence-corrected chi connectivity index (χ4v) is 2.15. The minimum absolute atomic E-state index is 0.00679. The quantitative estimate of drug-likeness (QED) is 0.440. The van der Waals surface area contributed by atoms with E-state index in [2.05, 4.69) is 4.74 Å². The van der Waals surface area contributed by atoms with Gasteiger partial charge in [0, 0.05) is 18.6 Å². The number of hydrogen-bond donors (Lipinski definition) is 0. The Labute approximate surface area is 129 Å². The molecule has 0 amide bonds. The molecule has 5 nitrogen and oxygen atoms in total. The van der Waals surface area contributed by atoms with Gasteiger partial charge in [0.05, 0.1) is 19.1 Å². The van der Waals surface area contributed by atoms with Gasteiger partial charge in [-0.15, -0.1) is 0 Å². The second-order valence-corrected chi connectivity index (χ2v) is 5.11. The number of hydrogen-bond acceptors (Lipinski definition) is 5. The summed E-state index contributed by atoms with van der Waals surface area (Å²) >= 11 is 0. The number of aryl methyl sites for hydroxylation is 1. The minimum atomic E-state index is -0.661. The van der Waals surface area contributed by atoms with Gasteiger partial charge < -0.3 is 14.2 Å².